The molecule has 0 amide bonds. The lowest BCUT2D eigenvalue weighted by atomic mass is 9.83. The van der Waals surface area contributed by atoms with Gasteiger partial charge in [0.2, 0.25) is 0 Å². The van der Waals surface area contributed by atoms with Gasteiger partial charge in [0.05, 0.1) is 0 Å². The lowest BCUT2D eigenvalue weighted by Crippen LogP contribution is -2.37. The van der Waals surface area contributed by atoms with Gasteiger partial charge in [-0.2, -0.15) is 0 Å². The van der Waals surface area contributed by atoms with Crippen LogP contribution >= 0.6 is 0 Å². The van der Waals surface area contributed by atoms with Crippen molar-refractivity contribution in [1.82, 2.24) is 0 Å². The summed E-state index contributed by atoms with van der Waals surface area (Å²) in [6.45, 7) is 0. The van der Waals surface area contributed by atoms with E-state index in [1.807, 2.05) is 0 Å². The van der Waals surface area contributed by atoms with Gasteiger partial charge in [-0.3, -0.25) is 0 Å². The summed E-state index contributed by atoms with van der Waals surface area (Å²) in [5.74, 6) is 0.594. The van der Waals surface area contributed by atoms with Gasteiger partial charge in [-0.1, -0.05) is 19.3 Å². The van der Waals surface area contributed by atoms with Gasteiger partial charge in [-0.05, 0) is 18.8 Å². The maximum Gasteiger partial charge on any atom is 0.103 e. The molecule has 0 heterocycles. The quantitative estimate of drug-likeness (QED) is 0.545. The Morgan fingerprint density at radius 3 is 2.25 bits per heavy atom. The number of rotatable bonds is 3. The van der Waals surface area contributed by atoms with Crippen LogP contribution in [0, 0.1) is 5.92 Å². The number of aliphatic hydroxyl groups excluding tert-OH is 1. The number of aliphatic hydroxyl groups is 1. The van der Waals surface area contributed by atoms with Crippen molar-refractivity contribution < 1.29 is 5.11 Å². The molecule has 5 N–H and O–H groups in total. The summed E-state index contributed by atoms with van der Waals surface area (Å²) in [5, 5.41) is 8.95. The predicted octanol–water partition coefficient (Wildman–Crippen LogP) is 0.561. The molecule has 1 aliphatic carbocycles. The molecule has 0 aliphatic heterocycles. The lowest BCUT2D eigenvalue weighted by Gasteiger charge is -2.27. The highest BCUT2D eigenvalue weighted by Crippen LogP contribution is 2.26. The standard InChI is InChI=1S/C9H20N2O/c10-8(6-9(11)12)7-4-2-1-3-5-7/h7-9,12H,1-6,10-11H2. The number of hydrogen-bond acceptors (Lipinski definition) is 3. The Morgan fingerprint density at radius 1 is 1.17 bits per heavy atom. The van der Waals surface area contributed by atoms with Crippen molar-refractivity contribution in [3.63, 3.8) is 0 Å². The molecule has 1 rings (SSSR count). The molecule has 0 bridgehead atoms. The summed E-state index contributed by atoms with van der Waals surface area (Å²) in [6.07, 6.45) is 6.17. The number of nitrogens with two attached hydrogens (primary N) is 2. The topological polar surface area (TPSA) is 72.3 Å². The van der Waals surface area contributed by atoms with E-state index in [2.05, 4.69) is 0 Å². The van der Waals surface area contributed by atoms with E-state index in [1.165, 1.54) is 32.1 Å². The Kier molecular flexibility index (Phi) is 3.98. The Labute approximate surface area is 74.1 Å². The molecule has 2 unspecified atom stereocenters. The second-order valence-electron chi connectivity index (χ2n) is 3.86. The first kappa shape index (κ1) is 9.96. The molecular formula is C9H20N2O. The third-order valence-corrected chi connectivity index (χ3v) is 2.77. The van der Waals surface area contributed by atoms with E-state index >= 15 is 0 Å². The van der Waals surface area contributed by atoms with Crippen LogP contribution in [-0.2, 0) is 0 Å². The van der Waals surface area contributed by atoms with Crippen molar-refractivity contribution in [3.8, 4) is 0 Å². The van der Waals surface area contributed by atoms with Crippen molar-refractivity contribution in [2.45, 2.75) is 50.8 Å². The first-order valence-electron chi connectivity index (χ1n) is 4.89. The third-order valence-electron chi connectivity index (χ3n) is 2.77. The van der Waals surface area contributed by atoms with Gasteiger partial charge in [-0.15, -0.1) is 0 Å². The Hall–Kier alpha value is -0.120. The van der Waals surface area contributed by atoms with Crippen molar-refractivity contribution in [2.75, 3.05) is 0 Å². The summed E-state index contributed by atoms with van der Waals surface area (Å²) >= 11 is 0. The minimum absolute atomic E-state index is 0.102. The fourth-order valence-electron chi connectivity index (χ4n) is 2.03. The van der Waals surface area contributed by atoms with Crippen LogP contribution in [0.25, 0.3) is 0 Å². The Morgan fingerprint density at radius 2 is 1.75 bits per heavy atom. The largest absolute Gasteiger partial charge is 0.379 e. The van der Waals surface area contributed by atoms with Crippen molar-refractivity contribution in [2.24, 2.45) is 17.4 Å². The summed E-state index contributed by atoms with van der Waals surface area (Å²) in [7, 11) is 0. The average Bonchev–Trinajstić information content (AvgIpc) is 2.05. The van der Waals surface area contributed by atoms with Crippen LogP contribution in [0.4, 0.5) is 0 Å². The molecule has 1 saturated carbocycles. The fourth-order valence-corrected chi connectivity index (χ4v) is 2.03. The van der Waals surface area contributed by atoms with E-state index in [9.17, 15) is 0 Å². The highest BCUT2D eigenvalue weighted by molar-refractivity contribution is 4.77. The fraction of sp³-hybridized carbons (Fsp3) is 1.00. The second-order valence-corrected chi connectivity index (χ2v) is 3.86. The van der Waals surface area contributed by atoms with Gasteiger partial charge in [0.15, 0.2) is 0 Å². The first-order valence-corrected chi connectivity index (χ1v) is 4.89. The molecule has 0 saturated heterocycles. The van der Waals surface area contributed by atoms with Gasteiger partial charge >= 0.3 is 0 Å². The van der Waals surface area contributed by atoms with Crippen LogP contribution in [0.5, 0.6) is 0 Å². The molecule has 1 fully saturated rings. The lowest BCUT2D eigenvalue weighted by molar-refractivity contribution is 0.143. The maximum absolute atomic E-state index is 8.95. The van der Waals surface area contributed by atoms with Crippen LogP contribution in [-0.4, -0.2) is 17.4 Å². The van der Waals surface area contributed by atoms with Gasteiger partial charge < -0.3 is 16.6 Å². The summed E-state index contributed by atoms with van der Waals surface area (Å²) in [6, 6.07) is 0.102. The van der Waals surface area contributed by atoms with E-state index in [0.717, 1.165) is 0 Å². The van der Waals surface area contributed by atoms with Crippen LogP contribution in [0.15, 0.2) is 0 Å². The van der Waals surface area contributed by atoms with Gasteiger partial charge in [-0.25, -0.2) is 0 Å². The zero-order valence-corrected chi connectivity index (χ0v) is 7.58. The normalized spacial score (nSPS) is 25.2. The molecule has 3 nitrogen and oxygen atoms in total. The summed E-state index contributed by atoms with van der Waals surface area (Å²) < 4.78 is 0. The van der Waals surface area contributed by atoms with Crippen molar-refractivity contribution in [1.29, 1.82) is 0 Å². The van der Waals surface area contributed by atoms with E-state index in [4.69, 9.17) is 16.6 Å². The maximum atomic E-state index is 8.95. The SMILES string of the molecule is NC(O)CC(N)C1CCCCC1. The first-order chi connectivity index (χ1) is 5.70. The van der Waals surface area contributed by atoms with Crippen molar-refractivity contribution >= 4 is 0 Å². The van der Waals surface area contributed by atoms with Gasteiger partial charge in [0, 0.05) is 12.5 Å². The predicted molar refractivity (Wildman–Crippen MR) is 49.4 cm³/mol. The van der Waals surface area contributed by atoms with Crippen LogP contribution < -0.4 is 11.5 Å². The minimum atomic E-state index is -0.734. The summed E-state index contributed by atoms with van der Waals surface area (Å²) in [4.78, 5) is 0. The highest BCUT2D eigenvalue weighted by Gasteiger charge is 2.21. The second kappa shape index (κ2) is 4.80. The Balaban J connectivity index is 2.24. The molecule has 0 radical (unpaired) electrons. The third kappa shape index (κ3) is 3.09. The van der Waals surface area contributed by atoms with Crippen LogP contribution in [0.2, 0.25) is 0 Å². The smallest absolute Gasteiger partial charge is 0.103 e. The molecule has 72 valence electrons. The average molecular weight is 172 g/mol. The van der Waals surface area contributed by atoms with Crippen molar-refractivity contribution in [3.05, 3.63) is 0 Å². The van der Waals surface area contributed by atoms with E-state index in [1.54, 1.807) is 0 Å². The molecule has 3 heteroatoms. The molecule has 0 aromatic rings. The monoisotopic (exact) mass is 172 g/mol. The molecule has 2 atom stereocenters. The summed E-state index contributed by atoms with van der Waals surface area (Å²) in [5.41, 5.74) is 11.2. The van der Waals surface area contributed by atoms with Crippen LogP contribution in [0.1, 0.15) is 38.5 Å². The Bertz CT molecular complexity index is 122. The van der Waals surface area contributed by atoms with E-state index in [0.29, 0.717) is 12.3 Å². The molecule has 0 aromatic heterocycles. The van der Waals surface area contributed by atoms with Gasteiger partial charge in [0.25, 0.3) is 0 Å². The molecule has 0 spiro atoms. The number of hydrogen-bond donors (Lipinski definition) is 3. The zero-order valence-electron chi connectivity index (χ0n) is 7.58. The van der Waals surface area contributed by atoms with Gasteiger partial charge in [0.1, 0.15) is 6.23 Å². The van der Waals surface area contributed by atoms with E-state index in [-0.39, 0.29) is 6.04 Å². The molecule has 1 aliphatic rings. The van der Waals surface area contributed by atoms with Crippen LogP contribution in [0.3, 0.4) is 0 Å². The zero-order chi connectivity index (χ0) is 8.97. The minimum Gasteiger partial charge on any atom is -0.379 e. The molecule has 12 heavy (non-hydrogen) atoms. The molecule has 0 aromatic carbocycles. The van der Waals surface area contributed by atoms with E-state index < -0.39 is 6.23 Å². The molecular weight excluding hydrogens is 152 g/mol. The highest BCUT2D eigenvalue weighted by atomic mass is 16.3.